The van der Waals surface area contributed by atoms with Crippen molar-refractivity contribution in [2.75, 3.05) is 5.32 Å². The molecule has 3 aromatic rings. The Labute approximate surface area is 144 Å². The minimum absolute atomic E-state index is 0.172. The standard InChI is InChI=1S/C17H15ClN4S/c1-11-7-9-13(10-8-11)23-17-21-15(18)20-16(22-17)19-14-6-4-3-5-12(14)2/h3-10H,1-2H3,(H,19,20,21,22). The molecule has 1 aromatic heterocycles. The Hall–Kier alpha value is -2.11. The van der Waals surface area contributed by atoms with Crippen LogP contribution in [0.25, 0.3) is 0 Å². The summed E-state index contributed by atoms with van der Waals surface area (Å²) in [4.78, 5) is 13.8. The van der Waals surface area contributed by atoms with E-state index in [9.17, 15) is 0 Å². The fourth-order valence-electron chi connectivity index (χ4n) is 1.98. The number of aromatic nitrogens is 3. The van der Waals surface area contributed by atoms with E-state index in [0.29, 0.717) is 11.1 Å². The summed E-state index contributed by atoms with van der Waals surface area (Å²) in [6.45, 7) is 4.07. The molecule has 0 radical (unpaired) electrons. The van der Waals surface area contributed by atoms with E-state index in [4.69, 9.17) is 11.6 Å². The first-order valence-corrected chi connectivity index (χ1v) is 8.28. The fourth-order valence-corrected chi connectivity index (χ4v) is 2.94. The maximum atomic E-state index is 6.03. The van der Waals surface area contributed by atoms with Gasteiger partial charge in [-0.3, -0.25) is 0 Å². The number of nitrogens with zero attached hydrogens (tertiary/aromatic N) is 3. The second kappa shape index (κ2) is 6.98. The molecule has 0 spiro atoms. The van der Waals surface area contributed by atoms with Crippen LogP contribution in [-0.4, -0.2) is 15.0 Å². The summed E-state index contributed by atoms with van der Waals surface area (Å²) in [6, 6.07) is 16.1. The number of hydrogen-bond donors (Lipinski definition) is 1. The molecular formula is C17H15ClN4S. The first-order valence-electron chi connectivity index (χ1n) is 7.09. The summed E-state index contributed by atoms with van der Waals surface area (Å²) >= 11 is 7.48. The van der Waals surface area contributed by atoms with Crippen LogP contribution in [0.3, 0.4) is 0 Å². The number of rotatable bonds is 4. The van der Waals surface area contributed by atoms with Crippen molar-refractivity contribution in [3.63, 3.8) is 0 Å². The molecule has 1 heterocycles. The minimum atomic E-state index is 0.172. The van der Waals surface area contributed by atoms with Crippen molar-refractivity contribution in [2.24, 2.45) is 0 Å². The number of nitrogens with one attached hydrogen (secondary N) is 1. The zero-order valence-electron chi connectivity index (χ0n) is 12.7. The van der Waals surface area contributed by atoms with Crippen LogP contribution in [0.2, 0.25) is 5.28 Å². The van der Waals surface area contributed by atoms with Crippen molar-refractivity contribution in [3.8, 4) is 0 Å². The highest BCUT2D eigenvalue weighted by Crippen LogP contribution is 2.27. The first kappa shape index (κ1) is 15.8. The fraction of sp³-hybridized carbons (Fsp3) is 0.118. The van der Waals surface area contributed by atoms with Gasteiger partial charge in [-0.25, -0.2) is 0 Å². The van der Waals surface area contributed by atoms with Gasteiger partial charge in [0.15, 0.2) is 5.16 Å². The molecule has 0 amide bonds. The molecule has 0 aliphatic carbocycles. The number of hydrogen-bond acceptors (Lipinski definition) is 5. The molecule has 0 saturated carbocycles. The molecule has 6 heteroatoms. The Balaban J connectivity index is 1.84. The van der Waals surface area contributed by atoms with E-state index in [1.54, 1.807) is 0 Å². The number of para-hydroxylation sites is 1. The van der Waals surface area contributed by atoms with Gasteiger partial charge in [-0.1, -0.05) is 35.9 Å². The van der Waals surface area contributed by atoms with Gasteiger partial charge < -0.3 is 5.32 Å². The second-order valence-electron chi connectivity index (χ2n) is 5.07. The van der Waals surface area contributed by atoms with Crippen LogP contribution in [0.4, 0.5) is 11.6 Å². The summed E-state index contributed by atoms with van der Waals surface area (Å²) in [6.07, 6.45) is 0. The van der Waals surface area contributed by atoms with E-state index in [0.717, 1.165) is 16.1 Å². The van der Waals surface area contributed by atoms with Crippen molar-refractivity contribution in [1.29, 1.82) is 0 Å². The SMILES string of the molecule is Cc1ccc(Sc2nc(Cl)nc(Nc3ccccc3C)n2)cc1. The van der Waals surface area contributed by atoms with Gasteiger partial charge in [-0.2, -0.15) is 15.0 Å². The Morgan fingerprint density at radius 2 is 1.65 bits per heavy atom. The Bertz CT molecular complexity index is 821. The van der Waals surface area contributed by atoms with Gasteiger partial charge in [0.05, 0.1) is 0 Å². The average molecular weight is 343 g/mol. The summed E-state index contributed by atoms with van der Waals surface area (Å²) < 4.78 is 0. The summed E-state index contributed by atoms with van der Waals surface area (Å²) in [5.41, 5.74) is 3.27. The van der Waals surface area contributed by atoms with Gasteiger partial charge in [-0.05, 0) is 61.0 Å². The van der Waals surface area contributed by atoms with E-state index >= 15 is 0 Å². The first-order chi connectivity index (χ1) is 11.1. The number of aryl methyl sites for hydroxylation is 2. The molecule has 0 saturated heterocycles. The Kier molecular flexibility index (Phi) is 4.79. The number of benzene rings is 2. The Morgan fingerprint density at radius 1 is 0.913 bits per heavy atom. The topological polar surface area (TPSA) is 50.7 Å². The minimum Gasteiger partial charge on any atom is -0.324 e. The number of halogens is 1. The van der Waals surface area contributed by atoms with Gasteiger partial charge in [0, 0.05) is 10.6 Å². The molecule has 0 atom stereocenters. The van der Waals surface area contributed by atoms with Crippen LogP contribution in [0.15, 0.2) is 58.6 Å². The summed E-state index contributed by atoms with van der Waals surface area (Å²) in [7, 11) is 0. The van der Waals surface area contributed by atoms with Crippen molar-refractivity contribution >= 4 is 35.0 Å². The van der Waals surface area contributed by atoms with Crippen molar-refractivity contribution < 1.29 is 0 Å². The molecule has 0 fully saturated rings. The molecule has 4 nitrogen and oxygen atoms in total. The lowest BCUT2D eigenvalue weighted by molar-refractivity contribution is 0.912. The highest BCUT2D eigenvalue weighted by Gasteiger charge is 2.08. The van der Waals surface area contributed by atoms with Gasteiger partial charge in [0.1, 0.15) is 0 Å². The second-order valence-corrected chi connectivity index (χ2v) is 6.44. The predicted octanol–water partition coefficient (Wildman–Crippen LogP) is 5.04. The van der Waals surface area contributed by atoms with Gasteiger partial charge in [0.2, 0.25) is 11.2 Å². The normalized spacial score (nSPS) is 10.6. The van der Waals surface area contributed by atoms with E-state index < -0.39 is 0 Å². The van der Waals surface area contributed by atoms with Crippen molar-refractivity contribution in [2.45, 2.75) is 23.9 Å². The maximum absolute atomic E-state index is 6.03. The van der Waals surface area contributed by atoms with Crippen molar-refractivity contribution in [3.05, 3.63) is 64.9 Å². The monoisotopic (exact) mass is 342 g/mol. The van der Waals surface area contributed by atoms with E-state index in [1.807, 2.05) is 43.3 Å². The highest BCUT2D eigenvalue weighted by molar-refractivity contribution is 7.99. The highest BCUT2D eigenvalue weighted by atomic mass is 35.5. The van der Waals surface area contributed by atoms with E-state index in [1.165, 1.54) is 17.3 Å². The quantitative estimate of drug-likeness (QED) is 0.720. The molecule has 0 unspecified atom stereocenters. The lowest BCUT2D eigenvalue weighted by atomic mass is 10.2. The molecular weight excluding hydrogens is 328 g/mol. The zero-order chi connectivity index (χ0) is 16.2. The average Bonchev–Trinajstić information content (AvgIpc) is 2.51. The summed E-state index contributed by atoms with van der Waals surface area (Å²) in [5, 5.41) is 3.92. The van der Waals surface area contributed by atoms with Crippen LogP contribution >= 0.6 is 23.4 Å². The van der Waals surface area contributed by atoms with Gasteiger partial charge in [-0.15, -0.1) is 0 Å². The third-order valence-corrected chi connectivity index (χ3v) is 4.25. The molecule has 0 bridgehead atoms. The van der Waals surface area contributed by atoms with Crippen LogP contribution in [-0.2, 0) is 0 Å². The van der Waals surface area contributed by atoms with Gasteiger partial charge >= 0.3 is 0 Å². The van der Waals surface area contributed by atoms with Crippen molar-refractivity contribution in [1.82, 2.24) is 15.0 Å². The van der Waals surface area contributed by atoms with Gasteiger partial charge in [0.25, 0.3) is 0 Å². The molecule has 0 aliphatic heterocycles. The van der Waals surface area contributed by atoms with Crippen LogP contribution < -0.4 is 5.32 Å². The third-order valence-electron chi connectivity index (χ3n) is 3.21. The predicted molar refractivity (Wildman–Crippen MR) is 94.6 cm³/mol. The Morgan fingerprint density at radius 3 is 2.39 bits per heavy atom. The van der Waals surface area contributed by atoms with Crippen LogP contribution in [0.5, 0.6) is 0 Å². The largest absolute Gasteiger partial charge is 0.324 e. The molecule has 0 aliphatic rings. The lowest BCUT2D eigenvalue weighted by Gasteiger charge is -2.09. The van der Waals surface area contributed by atoms with Crippen LogP contribution in [0, 0.1) is 13.8 Å². The third kappa shape index (κ3) is 4.21. The smallest absolute Gasteiger partial charge is 0.232 e. The molecule has 2 aromatic carbocycles. The maximum Gasteiger partial charge on any atom is 0.232 e. The summed E-state index contributed by atoms with van der Waals surface area (Å²) in [5.74, 6) is 0.439. The van der Waals surface area contributed by atoms with E-state index in [2.05, 4.69) is 39.3 Å². The molecule has 1 N–H and O–H groups in total. The molecule has 3 rings (SSSR count). The van der Waals surface area contributed by atoms with Crippen LogP contribution in [0.1, 0.15) is 11.1 Å². The molecule has 23 heavy (non-hydrogen) atoms. The molecule has 116 valence electrons. The number of anilines is 2. The van der Waals surface area contributed by atoms with E-state index in [-0.39, 0.29) is 5.28 Å². The lowest BCUT2D eigenvalue weighted by Crippen LogP contribution is -2.01. The zero-order valence-corrected chi connectivity index (χ0v) is 14.3.